The van der Waals surface area contributed by atoms with E-state index in [4.69, 9.17) is 0 Å². The Balaban J connectivity index is 1.59. The number of nitrogens with zero attached hydrogens (tertiary/aromatic N) is 1. The molecule has 0 aliphatic rings. The minimum atomic E-state index is -0.434. The van der Waals surface area contributed by atoms with E-state index in [1.807, 2.05) is 0 Å². The highest BCUT2D eigenvalue weighted by Gasteiger charge is 2.04. The lowest BCUT2D eigenvalue weighted by molar-refractivity contribution is -0.384. The molecule has 9 nitrogen and oxygen atoms in total. The number of amides is 2. The number of nitrogens with one attached hydrogen (secondary N) is 4. The van der Waals surface area contributed by atoms with Crippen LogP contribution in [0.4, 0.5) is 22.7 Å². The molecule has 28 heavy (non-hydrogen) atoms. The first-order chi connectivity index (χ1) is 13.4. The summed E-state index contributed by atoms with van der Waals surface area (Å²) in [6, 6.07) is 13.1. The van der Waals surface area contributed by atoms with Gasteiger partial charge in [-0.1, -0.05) is 0 Å². The molecule has 2 aromatic carbocycles. The quantitative estimate of drug-likeness (QED) is 0.283. The van der Waals surface area contributed by atoms with Gasteiger partial charge in [0.1, 0.15) is 0 Å². The van der Waals surface area contributed by atoms with Gasteiger partial charge in [0.2, 0.25) is 11.8 Å². The van der Waals surface area contributed by atoms with Gasteiger partial charge in [-0.15, -0.1) is 0 Å². The number of non-ortho nitro benzene ring substituents is 1. The second kappa shape index (κ2) is 10.6. The lowest BCUT2D eigenvalue weighted by Crippen LogP contribution is -2.29. The lowest BCUT2D eigenvalue weighted by atomic mass is 10.2. The fourth-order valence-corrected chi connectivity index (χ4v) is 2.39. The Morgan fingerprint density at radius 1 is 0.893 bits per heavy atom. The van der Waals surface area contributed by atoms with E-state index in [9.17, 15) is 19.7 Å². The van der Waals surface area contributed by atoms with Gasteiger partial charge in [-0.25, -0.2) is 0 Å². The van der Waals surface area contributed by atoms with Crippen molar-refractivity contribution in [2.75, 3.05) is 35.6 Å². The van der Waals surface area contributed by atoms with Crippen LogP contribution in [0.3, 0.4) is 0 Å². The summed E-state index contributed by atoms with van der Waals surface area (Å²) in [6.07, 6.45) is 0.787. The topological polar surface area (TPSA) is 125 Å². The lowest BCUT2D eigenvalue weighted by Gasteiger charge is -2.09. The Labute approximate surface area is 162 Å². The number of hydrogen-bond acceptors (Lipinski definition) is 6. The Kier molecular flexibility index (Phi) is 7.92. The molecule has 0 saturated carbocycles. The molecule has 9 heteroatoms. The average molecular weight is 385 g/mol. The van der Waals surface area contributed by atoms with Crippen LogP contribution in [0.1, 0.15) is 13.3 Å². The van der Waals surface area contributed by atoms with Gasteiger partial charge < -0.3 is 21.3 Å². The van der Waals surface area contributed by atoms with Crippen molar-refractivity contribution in [3.8, 4) is 0 Å². The summed E-state index contributed by atoms with van der Waals surface area (Å²) < 4.78 is 0. The number of carbonyl (C=O) groups excluding carboxylic acids is 2. The number of nitro benzene ring substituents is 1. The van der Waals surface area contributed by atoms with E-state index in [0.29, 0.717) is 24.5 Å². The van der Waals surface area contributed by atoms with Gasteiger partial charge in [-0.05, 0) is 49.4 Å². The highest BCUT2D eigenvalue weighted by Crippen LogP contribution is 2.15. The average Bonchev–Trinajstić information content (AvgIpc) is 2.66. The third kappa shape index (κ3) is 7.42. The van der Waals surface area contributed by atoms with Crippen molar-refractivity contribution < 1.29 is 14.5 Å². The summed E-state index contributed by atoms with van der Waals surface area (Å²) in [6.45, 7) is 2.94. The largest absolute Gasteiger partial charge is 0.385 e. The minimum absolute atomic E-state index is 0.0583. The van der Waals surface area contributed by atoms with E-state index in [1.165, 1.54) is 19.1 Å². The van der Waals surface area contributed by atoms with Crippen molar-refractivity contribution in [1.82, 2.24) is 5.32 Å². The summed E-state index contributed by atoms with van der Waals surface area (Å²) in [5.41, 5.74) is 2.19. The van der Waals surface area contributed by atoms with Crippen LogP contribution in [-0.4, -0.2) is 36.4 Å². The van der Waals surface area contributed by atoms with Gasteiger partial charge in [0.15, 0.2) is 0 Å². The van der Waals surface area contributed by atoms with Crippen molar-refractivity contribution in [3.05, 3.63) is 58.6 Å². The molecular weight excluding hydrogens is 362 g/mol. The maximum absolute atomic E-state index is 11.9. The van der Waals surface area contributed by atoms with Crippen molar-refractivity contribution >= 4 is 34.6 Å². The van der Waals surface area contributed by atoms with Gasteiger partial charge in [0.25, 0.3) is 5.69 Å². The fraction of sp³-hybridized carbons (Fsp3) is 0.263. The first-order valence-corrected chi connectivity index (χ1v) is 8.80. The molecule has 0 bridgehead atoms. The van der Waals surface area contributed by atoms with Crippen LogP contribution in [0.2, 0.25) is 0 Å². The van der Waals surface area contributed by atoms with Crippen molar-refractivity contribution in [2.45, 2.75) is 13.3 Å². The number of benzene rings is 2. The zero-order valence-corrected chi connectivity index (χ0v) is 15.5. The van der Waals surface area contributed by atoms with Crippen LogP contribution >= 0.6 is 0 Å². The number of anilines is 3. The SMILES string of the molecule is CC(=O)Nc1ccc(NC(=O)CNCCCNc2ccc([N+](=O)[O-])cc2)cc1. The summed E-state index contributed by atoms with van der Waals surface area (Å²) in [4.78, 5) is 33.0. The predicted octanol–water partition coefficient (Wildman–Crippen LogP) is 2.58. The zero-order valence-electron chi connectivity index (χ0n) is 15.5. The van der Waals surface area contributed by atoms with Crippen molar-refractivity contribution in [3.63, 3.8) is 0 Å². The summed E-state index contributed by atoms with van der Waals surface area (Å²) in [5, 5.41) is 22.2. The Hall–Kier alpha value is -3.46. The van der Waals surface area contributed by atoms with Crippen molar-refractivity contribution in [1.29, 1.82) is 0 Å². The second-order valence-corrected chi connectivity index (χ2v) is 6.07. The van der Waals surface area contributed by atoms with Gasteiger partial charge in [0, 0.05) is 42.7 Å². The summed E-state index contributed by atoms with van der Waals surface area (Å²) in [5.74, 6) is -0.306. The molecule has 4 N–H and O–H groups in total. The smallest absolute Gasteiger partial charge is 0.269 e. The molecule has 0 heterocycles. The third-order valence-electron chi connectivity index (χ3n) is 3.71. The first kappa shape index (κ1) is 20.8. The van der Waals surface area contributed by atoms with E-state index in [1.54, 1.807) is 36.4 Å². The van der Waals surface area contributed by atoms with Crippen LogP contribution in [0.25, 0.3) is 0 Å². The summed E-state index contributed by atoms with van der Waals surface area (Å²) in [7, 11) is 0. The number of hydrogen-bond donors (Lipinski definition) is 4. The van der Waals surface area contributed by atoms with E-state index in [2.05, 4.69) is 21.3 Å². The van der Waals surface area contributed by atoms with Gasteiger partial charge in [-0.2, -0.15) is 0 Å². The van der Waals surface area contributed by atoms with Crippen LogP contribution in [-0.2, 0) is 9.59 Å². The number of carbonyl (C=O) groups is 2. The molecule has 2 aromatic rings. The standard InChI is InChI=1S/C19H23N5O4/c1-14(25)22-16-3-5-17(6-4-16)23-19(26)13-20-11-2-12-21-15-7-9-18(10-8-15)24(27)28/h3-10,20-21H,2,11-13H2,1H3,(H,22,25)(H,23,26). The van der Waals surface area contributed by atoms with E-state index >= 15 is 0 Å². The molecule has 0 unspecified atom stereocenters. The maximum Gasteiger partial charge on any atom is 0.269 e. The third-order valence-corrected chi connectivity index (χ3v) is 3.71. The number of rotatable bonds is 10. The summed E-state index contributed by atoms with van der Waals surface area (Å²) >= 11 is 0. The Morgan fingerprint density at radius 2 is 1.46 bits per heavy atom. The molecule has 0 aromatic heterocycles. The molecule has 0 aliphatic carbocycles. The highest BCUT2D eigenvalue weighted by molar-refractivity contribution is 5.93. The molecule has 148 valence electrons. The minimum Gasteiger partial charge on any atom is -0.385 e. The fourth-order valence-electron chi connectivity index (χ4n) is 2.39. The molecule has 0 spiro atoms. The van der Waals surface area contributed by atoms with Crippen LogP contribution in [0, 0.1) is 10.1 Å². The molecule has 0 fully saturated rings. The van der Waals surface area contributed by atoms with Crippen LogP contribution in [0.5, 0.6) is 0 Å². The molecular formula is C19H23N5O4. The van der Waals surface area contributed by atoms with E-state index in [-0.39, 0.29) is 24.0 Å². The maximum atomic E-state index is 11.9. The zero-order chi connectivity index (χ0) is 20.4. The van der Waals surface area contributed by atoms with E-state index < -0.39 is 4.92 Å². The van der Waals surface area contributed by atoms with Crippen LogP contribution in [0.15, 0.2) is 48.5 Å². The Morgan fingerprint density at radius 3 is 2.04 bits per heavy atom. The molecule has 2 amide bonds. The normalized spacial score (nSPS) is 10.2. The monoisotopic (exact) mass is 385 g/mol. The van der Waals surface area contributed by atoms with Gasteiger partial charge >= 0.3 is 0 Å². The second-order valence-electron chi connectivity index (χ2n) is 6.07. The highest BCUT2D eigenvalue weighted by atomic mass is 16.6. The van der Waals surface area contributed by atoms with Crippen LogP contribution < -0.4 is 21.3 Å². The molecule has 0 atom stereocenters. The van der Waals surface area contributed by atoms with E-state index in [0.717, 1.165) is 12.1 Å². The predicted molar refractivity (Wildman–Crippen MR) is 108 cm³/mol. The first-order valence-electron chi connectivity index (χ1n) is 8.80. The molecule has 2 rings (SSSR count). The Bertz CT molecular complexity index is 806. The van der Waals surface area contributed by atoms with Gasteiger partial charge in [-0.3, -0.25) is 19.7 Å². The van der Waals surface area contributed by atoms with Gasteiger partial charge in [0.05, 0.1) is 11.5 Å². The molecule has 0 saturated heterocycles. The number of nitro groups is 1. The molecule has 0 aliphatic heterocycles. The van der Waals surface area contributed by atoms with Crippen molar-refractivity contribution in [2.24, 2.45) is 0 Å². The molecule has 0 radical (unpaired) electrons.